The number of carboxylic acid groups (broad SMARTS) is 1. The third-order valence-electron chi connectivity index (χ3n) is 1.96. The molecule has 0 saturated carbocycles. The molecule has 0 heterocycles. The monoisotopic (exact) mass is 250 g/mol. The van der Waals surface area contributed by atoms with Crippen LogP contribution >= 0.6 is 0 Å². The second kappa shape index (κ2) is 6.39. The summed E-state index contributed by atoms with van der Waals surface area (Å²) in [4.78, 5) is 10.3. The van der Waals surface area contributed by atoms with Crippen molar-refractivity contribution in [1.82, 2.24) is 0 Å². The van der Waals surface area contributed by atoms with E-state index in [0.717, 1.165) is 5.56 Å². The summed E-state index contributed by atoms with van der Waals surface area (Å²) in [6.45, 7) is 1.84. The molecule has 4 nitrogen and oxygen atoms in total. The van der Waals surface area contributed by atoms with Gasteiger partial charge in [0.25, 0.3) is 0 Å². The van der Waals surface area contributed by atoms with Gasteiger partial charge in [0, 0.05) is 12.4 Å². The van der Waals surface area contributed by atoms with Crippen LogP contribution in [-0.2, 0) is 14.6 Å². The van der Waals surface area contributed by atoms with E-state index in [0.29, 0.717) is 0 Å². The van der Waals surface area contributed by atoms with E-state index in [1.54, 1.807) is 12.1 Å². The summed E-state index contributed by atoms with van der Waals surface area (Å²) in [6.07, 6.45) is -0.476. The van der Waals surface area contributed by atoms with Crippen LogP contribution in [0.5, 0.6) is 0 Å². The number of benzene rings is 1. The topological polar surface area (TPSA) is 74.3 Å². The van der Waals surface area contributed by atoms with Crippen molar-refractivity contribution in [3.05, 3.63) is 29.8 Å². The molecular weight excluding hydrogens is 239 g/mol. The van der Waals surface area contributed by atoms with Gasteiger partial charge in [-0.15, -0.1) is 0 Å². The Morgan fingerprint density at radius 1 is 1.25 bits per heavy atom. The molecule has 1 aromatic rings. The molecule has 6 heteroatoms. The van der Waals surface area contributed by atoms with Gasteiger partial charge in [0.15, 0.2) is 9.84 Å². The first kappa shape index (κ1) is 15.6. The summed E-state index contributed by atoms with van der Waals surface area (Å²) in [6, 6.07) is 6.29. The van der Waals surface area contributed by atoms with Gasteiger partial charge in [-0.05, 0) is 19.1 Å². The number of sulfone groups is 1. The molecule has 0 aromatic heterocycles. The van der Waals surface area contributed by atoms with Crippen molar-refractivity contribution < 1.29 is 47.9 Å². The van der Waals surface area contributed by atoms with Crippen LogP contribution in [0.15, 0.2) is 29.2 Å². The quantitative estimate of drug-likeness (QED) is 0.531. The molecule has 0 spiro atoms. The molecule has 0 fully saturated rings. The Labute approximate surface area is 117 Å². The summed E-state index contributed by atoms with van der Waals surface area (Å²) in [5, 5.41) is 10.2. The number of carbonyl (C=O) groups excluding carboxylic acids is 1. The van der Waals surface area contributed by atoms with Gasteiger partial charge in [-0.3, -0.25) is 0 Å². The number of carbonyl (C=O) groups is 1. The fraction of sp³-hybridized carbons (Fsp3) is 0.300. The van der Waals surface area contributed by atoms with Crippen molar-refractivity contribution in [1.29, 1.82) is 0 Å². The molecule has 0 unspecified atom stereocenters. The number of hydrogen-bond donors (Lipinski definition) is 0. The smallest absolute Gasteiger partial charge is 0.550 e. The van der Waals surface area contributed by atoms with Crippen LogP contribution in [0, 0.1) is 6.92 Å². The first-order chi connectivity index (χ1) is 6.92. The summed E-state index contributed by atoms with van der Waals surface area (Å²) in [5.41, 5.74) is 0.953. The van der Waals surface area contributed by atoms with Crippen LogP contribution in [0.1, 0.15) is 12.0 Å². The molecule has 1 aromatic carbocycles. The Hall–Kier alpha value is -0.360. The van der Waals surface area contributed by atoms with E-state index >= 15 is 0 Å². The van der Waals surface area contributed by atoms with E-state index in [2.05, 4.69) is 0 Å². The second-order valence-electron chi connectivity index (χ2n) is 3.25. The zero-order valence-corrected chi connectivity index (χ0v) is 12.1. The number of aryl methyl sites for hydroxylation is 1. The number of carboxylic acids is 1. The average Bonchev–Trinajstić information content (AvgIpc) is 2.16. The number of aliphatic carboxylic acids is 1. The summed E-state index contributed by atoms with van der Waals surface area (Å²) in [5.74, 6) is -1.77. The maximum absolute atomic E-state index is 11.6. The minimum Gasteiger partial charge on any atom is -0.550 e. The third kappa shape index (κ3) is 4.65. The molecule has 82 valence electrons. The predicted molar refractivity (Wildman–Crippen MR) is 52.9 cm³/mol. The first-order valence-corrected chi connectivity index (χ1v) is 6.06. The Balaban J connectivity index is 0.00000225. The van der Waals surface area contributed by atoms with Gasteiger partial charge < -0.3 is 9.90 Å². The SMILES string of the molecule is Cc1ccc(S(=O)(=O)CCC(=O)[O-])cc1.[Na+]. The fourth-order valence-electron chi connectivity index (χ4n) is 1.08. The first-order valence-electron chi connectivity index (χ1n) is 4.41. The minimum absolute atomic E-state index is 0. The molecule has 0 bridgehead atoms. The predicted octanol–water partition coefficient (Wildman–Crippen LogP) is -3.09. The zero-order valence-electron chi connectivity index (χ0n) is 9.26. The Bertz CT molecular complexity index is 450. The van der Waals surface area contributed by atoms with E-state index in [-0.39, 0.29) is 34.5 Å². The van der Waals surface area contributed by atoms with Crippen LogP contribution < -0.4 is 34.7 Å². The molecule has 0 aliphatic rings. The molecule has 0 amide bonds. The van der Waals surface area contributed by atoms with Crippen molar-refractivity contribution >= 4 is 15.8 Å². The van der Waals surface area contributed by atoms with Gasteiger partial charge in [-0.1, -0.05) is 17.7 Å². The summed E-state index contributed by atoms with van der Waals surface area (Å²) < 4.78 is 23.1. The van der Waals surface area contributed by atoms with Crippen LogP contribution in [0.3, 0.4) is 0 Å². The van der Waals surface area contributed by atoms with Gasteiger partial charge in [-0.25, -0.2) is 8.42 Å². The maximum Gasteiger partial charge on any atom is 1.00 e. The van der Waals surface area contributed by atoms with E-state index in [1.807, 2.05) is 6.92 Å². The zero-order chi connectivity index (χ0) is 11.5. The molecule has 1 rings (SSSR count). The third-order valence-corrected chi connectivity index (χ3v) is 3.69. The van der Waals surface area contributed by atoms with E-state index < -0.39 is 28.0 Å². The minimum atomic E-state index is -3.49. The standard InChI is InChI=1S/C10H12O4S.Na/c1-8-2-4-9(5-3-8)15(13,14)7-6-10(11)12;/h2-5H,6-7H2,1H3,(H,11,12);/q;+1/p-1. The van der Waals surface area contributed by atoms with E-state index in [1.165, 1.54) is 12.1 Å². The van der Waals surface area contributed by atoms with Gasteiger partial charge >= 0.3 is 29.6 Å². The Morgan fingerprint density at radius 3 is 2.19 bits per heavy atom. The Morgan fingerprint density at radius 2 is 1.75 bits per heavy atom. The molecule has 16 heavy (non-hydrogen) atoms. The molecule has 0 saturated heterocycles. The van der Waals surface area contributed by atoms with Crippen molar-refractivity contribution in [2.24, 2.45) is 0 Å². The van der Waals surface area contributed by atoms with E-state index in [4.69, 9.17) is 0 Å². The summed E-state index contributed by atoms with van der Waals surface area (Å²) in [7, 11) is -3.49. The van der Waals surface area contributed by atoms with Crippen LogP contribution in [-0.4, -0.2) is 20.1 Å². The number of hydrogen-bond acceptors (Lipinski definition) is 4. The molecular formula is C10H11NaO4S. The molecule has 0 N–H and O–H groups in total. The van der Waals surface area contributed by atoms with Gasteiger partial charge in [0.1, 0.15) is 0 Å². The van der Waals surface area contributed by atoms with Crippen LogP contribution in [0.4, 0.5) is 0 Å². The van der Waals surface area contributed by atoms with Crippen LogP contribution in [0.25, 0.3) is 0 Å². The van der Waals surface area contributed by atoms with Gasteiger partial charge in [-0.2, -0.15) is 0 Å². The van der Waals surface area contributed by atoms with Crippen molar-refractivity contribution in [3.63, 3.8) is 0 Å². The van der Waals surface area contributed by atoms with Crippen molar-refractivity contribution in [2.45, 2.75) is 18.2 Å². The largest absolute Gasteiger partial charge is 1.00 e. The average molecular weight is 250 g/mol. The van der Waals surface area contributed by atoms with Crippen molar-refractivity contribution in [2.75, 3.05) is 5.75 Å². The van der Waals surface area contributed by atoms with Gasteiger partial charge in [0.05, 0.1) is 10.6 Å². The maximum atomic E-state index is 11.6. The normalized spacial score (nSPS) is 10.6. The fourth-order valence-corrected chi connectivity index (χ4v) is 2.30. The van der Waals surface area contributed by atoms with E-state index in [9.17, 15) is 18.3 Å². The molecule has 0 aliphatic carbocycles. The second-order valence-corrected chi connectivity index (χ2v) is 5.36. The van der Waals surface area contributed by atoms with Crippen LogP contribution in [0.2, 0.25) is 0 Å². The molecule has 0 radical (unpaired) electrons. The van der Waals surface area contributed by atoms with Crippen molar-refractivity contribution in [3.8, 4) is 0 Å². The molecule has 0 atom stereocenters. The molecule has 0 aliphatic heterocycles. The number of rotatable bonds is 4. The van der Waals surface area contributed by atoms with Gasteiger partial charge in [0.2, 0.25) is 0 Å². The Kier molecular flexibility index (Phi) is 6.25. The summed E-state index contributed by atoms with van der Waals surface area (Å²) >= 11 is 0.